The number of ether oxygens (including phenoxy) is 1. The molecule has 20 heavy (non-hydrogen) atoms. The van der Waals surface area contributed by atoms with Crippen LogP contribution in [0.2, 0.25) is 0 Å². The maximum atomic E-state index is 10.9. The molecule has 0 heterocycles. The van der Waals surface area contributed by atoms with E-state index in [9.17, 15) is 24.6 Å². The van der Waals surface area contributed by atoms with Gasteiger partial charge in [0.05, 0.1) is 6.61 Å². The third-order valence-corrected chi connectivity index (χ3v) is 2.50. The van der Waals surface area contributed by atoms with Crippen molar-refractivity contribution in [3.8, 4) is 0 Å². The standard InChI is InChI=1S/C11H19NO8/c1-5(11(18)19)20-10(8(16)4-14)9(17)7(3-13)12-6(2)15/h3,5,7-10,14,16-17H,4H2,1-2H3,(H,12,15)(H,18,19)/t5?,7-,8+,9+,10+/m0/s1. The van der Waals surface area contributed by atoms with Crippen molar-refractivity contribution in [1.82, 2.24) is 5.32 Å². The van der Waals surface area contributed by atoms with Gasteiger partial charge < -0.3 is 35.3 Å². The molecular weight excluding hydrogens is 274 g/mol. The lowest BCUT2D eigenvalue weighted by molar-refractivity contribution is -0.172. The quantitative estimate of drug-likeness (QED) is 0.287. The van der Waals surface area contributed by atoms with Crippen LogP contribution in [0.25, 0.3) is 0 Å². The Morgan fingerprint density at radius 2 is 1.90 bits per heavy atom. The van der Waals surface area contributed by atoms with E-state index in [1.807, 2.05) is 0 Å². The van der Waals surface area contributed by atoms with Crippen LogP contribution in [0.3, 0.4) is 0 Å². The zero-order valence-corrected chi connectivity index (χ0v) is 11.1. The predicted octanol–water partition coefficient (Wildman–Crippen LogP) is -2.74. The fourth-order valence-corrected chi connectivity index (χ4v) is 1.44. The van der Waals surface area contributed by atoms with E-state index < -0.39 is 48.9 Å². The third-order valence-electron chi connectivity index (χ3n) is 2.50. The van der Waals surface area contributed by atoms with Gasteiger partial charge in [-0.1, -0.05) is 0 Å². The molecule has 0 radical (unpaired) electrons. The predicted molar refractivity (Wildman–Crippen MR) is 64.7 cm³/mol. The molecule has 0 aromatic rings. The number of carboxylic acids is 1. The maximum Gasteiger partial charge on any atom is 0.332 e. The number of aldehydes is 1. The van der Waals surface area contributed by atoms with E-state index in [0.717, 1.165) is 13.8 Å². The molecule has 9 heteroatoms. The summed E-state index contributed by atoms with van der Waals surface area (Å²) in [5.74, 6) is -1.96. The summed E-state index contributed by atoms with van der Waals surface area (Å²) < 4.78 is 4.92. The van der Waals surface area contributed by atoms with E-state index in [0.29, 0.717) is 0 Å². The van der Waals surface area contributed by atoms with Crippen molar-refractivity contribution in [3.63, 3.8) is 0 Å². The monoisotopic (exact) mass is 293 g/mol. The molecule has 0 aromatic heterocycles. The molecule has 5 atom stereocenters. The summed E-state index contributed by atoms with van der Waals surface area (Å²) in [7, 11) is 0. The van der Waals surface area contributed by atoms with Crippen LogP contribution < -0.4 is 5.32 Å². The van der Waals surface area contributed by atoms with Crippen LogP contribution in [0, 0.1) is 0 Å². The number of rotatable bonds is 9. The number of aliphatic carboxylic acids is 1. The van der Waals surface area contributed by atoms with Crippen molar-refractivity contribution >= 4 is 18.2 Å². The number of nitrogens with one attached hydrogen (secondary N) is 1. The highest BCUT2D eigenvalue weighted by Gasteiger charge is 2.36. The Kier molecular flexibility index (Phi) is 7.92. The fourth-order valence-electron chi connectivity index (χ4n) is 1.44. The number of aliphatic hydroxyl groups is 3. The third kappa shape index (κ3) is 5.61. The highest BCUT2D eigenvalue weighted by Crippen LogP contribution is 2.12. The molecule has 9 nitrogen and oxygen atoms in total. The van der Waals surface area contributed by atoms with Crippen LogP contribution in [0.5, 0.6) is 0 Å². The summed E-state index contributed by atoms with van der Waals surface area (Å²) in [5.41, 5.74) is 0. The number of carboxylic acid groups (broad SMARTS) is 1. The molecule has 0 spiro atoms. The molecule has 1 unspecified atom stereocenters. The first-order valence-corrected chi connectivity index (χ1v) is 5.82. The SMILES string of the molecule is CC(=O)N[C@@H](C=O)[C@@H](O)[C@H](OC(C)C(=O)O)[C@H](O)CO. The summed E-state index contributed by atoms with van der Waals surface area (Å²) in [4.78, 5) is 32.4. The average molecular weight is 293 g/mol. The molecule has 0 bridgehead atoms. The summed E-state index contributed by atoms with van der Waals surface area (Å²) in [6, 6.07) is -1.40. The molecule has 0 saturated carbocycles. The molecule has 0 aliphatic carbocycles. The van der Waals surface area contributed by atoms with Crippen molar-refractivity contribution in [2.75, 3.05) is 6.61 Å². The molecular formula is C11H19NO8. The number of hydrogen-bond acceptors (Lipinski definition) is 7. The first-order chi connectivity index (χ1) is 9.24. The fraction of sp³-hybridized carbons (Fsp3) is 0.727. The molecule has 0 rings (SSSR count). The van der Waals surface area contributed by atoms with Gasteiger partial charge in [-0.05, 0) is 6.92 Å². The van der Waals surface area contributed by atoms with Gasteiger partial charge in [0.25, 0.3) is 0 Å². The van der Waals surface area contributed by atoms with Gasteiger partial charge in [-0.3, -0.25) is 4.79 Å². The van der Waals surface area contributed by atoms with Gasteiger partial charge in [0.1, 0.15) is 30.6 Å². The molecule has 0 aromatic carbocycles. The smallest absolute Gasteiger partial charge is 0.332 e. The van der Waals surface area contributed by atoms with Gasteiger partial charge in [0.15, 0.2) is 6.10 Å². The Morgan fingerprint density at radius 1 is 1.35 bits per heavy atom. The minimum absolute atomic E-state index is 0.220. The van der Waals surface area contributed by atoms with Gasteiger partial charge >= 0.3 is 5.97 Å². The lowest BCUT2D eigenvalue weighted by Gasteiger charge is -2.31. The van der Waals surface area contributed by atoms with Gasteiger partial charge in [0.2, 0.25) is 5.91 Å². The van der Waals surface area contributed by atoms with Crippen molar-refractivity contribution in [2.45, 2.75) is 44.3 Å². The van der Waals surface area contributed by atoms with Crippen molar-refractivity contribution in [2.24, 2.45) is 0 Å². The van der Waals surface area contributed by atoms with Gasteiger partial charge in [-0.2, -0.15) is 0 Å². The van der Waals surface area contributed by atoms with E-state index >= 15 is 0 Å². The Bertz CT molecular complexity index is 347. The number of amides is 1. The first-order valence-electron chi connectivity index (χ1n) is 5.82. The number of aliphatic hydroxyl groups excluding tert-OH is 3. The van der Waals surface area contributed by atoms with E-state index in [2.05, 4.69) is 5.32 Å². The lowest BCUT2D eigenvalue weighted by atomic mass is 10.0. The maximum absolute atomic E-state index is 10.9. The van der Waals surface area contributed by atoms with E-state index in [4.69, 9.17) is 14.9 Å². The minimum Gasteiger partial charge on any atom is -0.479 e. The van der Waals surface area contributed by atoms with Crippen LogP contribution in [0.4, 0.5) is 0 Å². The average Bonchev–Trinajstić information content (AvgIpc) is 2.39. The molecule has 0 aliphatic heterocycles. The molecule has 116 valence electrons. The summed E-state index contributed by atoms with van der Waals surface area (Å²) >= 11 is 0. The molecule has 0 saturated heterocycles. The second-order valence-corrected chi connectivity index (χ2v) is 4.18. The normalized spacial score (nSPS) is 18.4. The van der Waals surface area contributed by atoms with Crippen LogP contribution in [0.15, 0.2) is 0 Å². The highest BCUT2D eigenvalue weighted by atomic mass is 16.5. The van der Waals surface area contributed by atoms with E-state index in [-0.39, 0.29) is 6.29 Å². The zero-order chi connectivity index (χ0) is 15.9. The van der Waals surface area contributed by atoms with E-state index in [1.54, 1.807) is 0 Å². The largest absolute Gasteiger partial charge is 0.479 e. The molecule has 0 aliphatic rings. The van der Waals surface area contributed by atoms with Crippen molar-refractivity contribution in [3.05, 3.63) is 0 Å². The van der Waals surface area contributed by atoms with Gasteiger partial charge in [-0.25, -0.2) is 4.79 Å². The summed E-state index contributed by atoms with van der Waals surface area (Å²) in [6.45, 7) is 1.45. The Morgan fingerprint density at radius 3 is 2.25 bits per heavy atom. The second-order valence-electron chi connectivity index (χ2n) is 4.18. The number of hydrogen-bond donors (Lipinski definition) is 5. The minimum atomic E-state index is -1.72. The van der Waals surface area contributed by atoms with Gasteiger partial charge in [-0.15, -0.1) is 0 Å². The highest BCUT2D eigenvalue weighted by molar-refractivity contribution is 5.77. The topological polar surface area (TPSA) is 153 Å². The lowest BCUT2D eigenvalue weighted by Crippen LogP contribution is -2.55. The van der Waals surface area contributed by atoms with Crippen LogP contribution in [0.1, 0.15) is 13.8 Å². The van der Waals surface area contributed by atoms with Crippen LogP contribution in [-0.2, 0) is 19.1 Å². The summed E-state index contributed by atoms with van der Waals surface area (Å²) in [6.07, 6.45) is -6.07. The van der Waals surface area contributed by atoms with Crippen molar-refractivity contribution < 1.29 is 39.5 Å². The van der Waals surface area contributed by atoms with E-state index in [1.165, 1.54) is 0 Å². The van der Waals surface area contributed by atoms with Crippen LogP contribution in [-0.4, -0.2) is 75.7 Å². The van der Waals surface area contributed by atoms with Gasteiger partial charge in [0, 0.05) is 6.92 Å². The number of carbonyl (C=O) groups is 3. The Balaban J connectivity index is 5.03. The molecule has 0 fully saturated rings. The second kappa shape index (κ2) is 8.59. The molecule has 1 amide bonds. The Labute approximate surface area is 115 Å². The number of carbonyl (C=O) groups excluding carboxylic acids is 2. The van der Waals surface area contributed by atoms with Crippen molar-refractivity contribution in [1.29, 1.82) is 0 Å². The summed E-state index contributed by atoms with van der Waals surface area (Å²) in [5, 5.41) is 39.2. The molecule has 5 N–H and O–H groups in total. The first kappa shape index (κ1) is 18.4. The van der Waals surface area contributed by atoms with Crippen LogP contribution >= 0.6 is 0 Å². The zero-order valence-electron chi connectivity index (χ0n) is 11.1. The Hall–Kier alpha value is -1.55.